The monoisotopic (exact) mass is 196 g/mol. The van der Waals surface area contributed by atoms with E-state index in [4.69, 9.17) is 0 Å². The molecule has 6 nitrogen and oxygen atoms in total. The van der Waals surface area contributed by atoms with Crippen molar-refractivity contribution in [3.8, 4) is 0 Å². The summed E-state index contributed by atoms with van der Waals surface area (Å²) in [4.78, 5) is 22.5. The topological polar surface area (TPSA) is 87.7 Å². The second-order valence-corrected chi connectivity index (χ2v) is 2.87. The summed E-state index contributed by atoms with van der Waals surface area (Å²) in [5.41, 5.74) is 0.181. The van der Waals surface area contributed by atoms with Crippen molar-refractivity contribution in [1.29, 1.82) is 0 Å². The van der Waals surface area contributed by atoms with E-state index in [-0.39, 0.29) is 11.5 Å². The minimum atomic E-state index is -0.482. The van der Waals surface area contributed by atoms with Gasteiger partial charge in [0.15, 0.2) is 11.5 Å². The zero-order valence-electron chi connectivity index (χ0n) is 8.07. The number of carbonyl (C=O) groups excluding carboxylic acids is 2. The average molecular weight is 196 g/mol. The Kier molecular flexibility index (Phi) is 3.33. The SMILES string of the molecule is CCC(=O)C(C)NC(=O)c1cn[nH]n1. The lowest BCUT2D eigenvalue weighted by Crippen LogP contribution is -2.38. The van der Waals surface area contributed by atoms with E-state index in [2.05, 4.69) is 20.7 Å². The molecule has 0 aromatic carbocycles. The van der Waals surface area contributed by atoms with Crippen LogP contribution in [0.5, 0.6) is 0 Å². The molecule has 0 fully saturated rings. The molecule has 0 aliphatic heterocycles. The Morgan fingerprint density at radius 2 is 2.36 bits per heavy atom. The van der Waals surface area contributed by atoms with Crippen molar-refractivity contribution in [2.24, 2.45) is 0 Å². The van der Waals surface area contributed by atoms with Crippen molar-refractivity contribution < 1.29 is 9.59 Å². The number of aromatic amines is 1. The molecule has 0 spiro atoms. The van der Waals surface area contributed by atoms with Crippen LogP contribution in [0.3, 0.4) is 0 Å². The van der Waals surface area contributed by atoms with E-state index < -0.39 is 11.9 Å². The van der Waals surface area contributed by atoms with E-state index in [1.165, 1.54) is 6.20 Å². The summed E-state index contributed by atoms with van der Waals surface area (Å²) in [5, 5.41) is 11.9. The summed E-state index contributed by atoms with van der Waals surface area (Å²) >= 11 is 0. The van der Waals surface area contributed by atoms with E-state index in [9.17, 15) is 9.59 Å². The molecule has 1 rings (SSSR count). The van der Waals surface area contributed by atoms with E-state index in [1.807, 2.05) is 0 Å². The van der Waals surface area contributed by atoms with Gasteiger partial charge < -0.3 is 5.32 Å². The number of ketones is 1. The molecule has 6 heteroatoms. The number of Topliss-reactive ketones (excluding diaryl/α,β-unsaturated/α-hetero) is 1. The molecule has 2 N–H and O–H groups in total. The lowest BCUT2D eigenvalue weighted by Gasteiger charge is -2.09. The minimum Gasteiger partial charge on any atom is -0.341 e. The van der Waals surface area contributed by atoms with Crippen molar-refractivity contribution >= 4 is 11.7 Å². The number of nitrogens with zero attached hydrogens (tertiary/aromatic N) is 2. The highest BCUT2D eigenvalue weighted by molar-refractivity contribution is 5.96. The quantitative estimate of drug-likeness (QED) is 0.704. The van der Waals surface area contributed by atoms with Crippen LogP contribution >= 0.6 is 0 Å². The van der Waals surface area contributed by atoms with Gasteiger partial charge in [0.05, 0.1) is 12.2 Å². The van der Waals surface area contributed by atoms with Crippen molar-refractivity contribution in [2.45, 2.75) is 26.3 Å². The van der Waals surface area contributed by atoms with Gasteiger partial charge in [-0.15, -0.1) is 0 Å². The Morgan fingerprint density at radius 3 is 2.86 bits per heavy atom. The van der Waals surface area contributed by atoms with Crippen LogP contribution in [0.25, 0.3) is 0 Å². The molecule has 1 amide bonds. The third-order valence-electron chi connectivity index (χ3n) is 1.83. The molecule has 0 saturated carbocycles. The van der Waals surface area contributed by atoms with Gasteiger partial charge in [-0.05, 0) is 6.92 Å². The van der Waals surface area contributed by atoms with Gasteiger partial charge in [-0.2, -0.15) is 15.4 Å². The van der Waals surface area contributed by atoms with Gasteiger partial charge in [0.2, 0.25) is 0 Å². The first-order valence-electron chi connectivity index (χ1n) is 4.34. The number of amides is 1. The maximum absolute atomic E-state index is 11.4. The normalized spacial score (nSPS) is 12.1. The van der Waals surface area contributed by atoms with Gasteiger partial charge in [-0.25, -0.2) is 0 Å². The Balaban J connectivity index is 2.53. The van der Waals surface area contributed by atoms with E-state index in [0.29, 0.717) is 6.42 Å². The van der Waals surface area contributed by atoms with Gasteiger partial charge >= 0.3 is 0 Å². The predicted octanol–water partition coefficient (Wildman–Crippen LogP) is -0.0979. The standard InChI is InChI=1S/C8H12N4O2/c1-3-7(13)5(2)10-8(14)6-4-9-12-11-6/h4-5H,3H2,1-2H3,(H,10,14)(H,9,11,12). The van der Waals surface area contributed by atoms with Gasteiger partial charge in [0.1, 0.15) is 0 Å². The molecule has 76 valence electrons. The second kappa shape index (κ2) is 4.50. The van der Waals surface area contributed by atoms with Gasteiger partial charge in [0, 0.05) is 6.42 Å². The Hall–Kier alpha value is -1.72. The molecule has 0 aliphatic rings. The third kappa shape index (κ3) is 2.38. The maximum atomic E-state index is 11.4. The number of aromatic nitrogens is 3. The molecule has 0 saturated heterocycles. The summed E-state index contributed by atoms with van der Waals surface area (Å²) in [6.45, 7) is 3.39. The lowest BCUT2D eigenvalue weighted by atomic mass is 10.1. The Bertz CT molecular complexity index is 320. The molecule has 1 unspecified atom stereocenters. The van der Waals surface area contributed by atoms with Crippen LogP contribution in [0.15, 0.2) is 6.20 Å². The molecular weight excluding hydrogens is 184 g/mol. The van der Waals surface area contributed by atoms with E-state index in [0.717, 1.165) is 0 Å². The number of carbonyl (C=O) groups is 2. The Labute approximate surface area is 81.1 Å². The number of hydrogen-bond acceptors (Lipinski definition) is 4. The molecule has 1 aromatic heterocycles. The number of hydrogen-bond donors (Lipinski definition) is 2. The van der Waals surface area contributed by atoms with Crippen molar-refractivity contribution in [2.75, 3.05) is 0 Å². The predicted molar refractivity (Wildman–Crippen MR) is 48.6 cm³/mol. The summed E-state index contributed by atoms with van der Waals surface area (Å²) in [5.74, 6) is -0.408. The first kappa shape index (κ1) is 10.4. The highest BCUT2D eigenvalue weighted by Crippen LogP contribution is 1.94. The minimum absolute atomic E-state index is 0.0122. The van der Waals surface area contributed by atoms with Crippen LogP contribution in [0.2, 0.25) is 0 Å². The average Bonchev–Trinajstić information content (AvgIpc) is 2.69. The van der Waals surface area contributed by atoms with Crippen LogP contribution in [0.1, 0.15) is 30.8 Å². The lowest BCUT2D eigenvalue weighted by molar-refractivity contribution is -0.120. The van der Waals surface area contributed by atoms with Crippen molar-refractivity contribution in [1.82, 2.24) is 20.7 Å². The van der Waals surface area contributed by atoms with E-state index >= 15 is 0 Å². The third-order valence-corrected chi connectivity index (χ3v) is 1.83. The van der Waals surface area contributed by atoms with Gasteiger partial charge in [-0.1, -0.05) is 6.92 Å². The number of H-pyrrole nitrogens is 1. The van der Waals surface area contributed by atoms with Crippen molar-refractivity contribution in [3.63, 3.8) is 0 Å². The molecule has 1 aromatic rings. The molecule has 0 bridgehead atoms. The fourth-order valence-electron chi connectivity index (χ4n) is 0.968. The highest BCUT2D eigenvalue weighted by Gasteiger charge is 2.16. The van der Waals surface area contributed by atoms with Crippen LogP contribution in [-0.4, -0.2) is 33.1 Å². The first-order chi connectivity index (χ1) is 6.65. The second-order valence-electron chi connectivity index (χ2n) is 2.87. The molecule has 1 atom stereocenters. The fourth-order valence-corrected chi connectivity index (χ4v) is 0.968. The first-order valence-corrected chi connectivity index (χ1v) is 4.34. The molecule has 0 radical (unpaired) electrons. The summed E-state index contributed by atoms with van der Waals surface area (Å²) in [6.07, 6.45) is 1.71. The zero-order chi connectivity index (χ0) is 10.6. The summed E-state index contributed by atoms with van der Waals surface area (Å²) < 4.78 is 0. The van der Waals surface area contributed by atoms with Crippen LogP contribution < -0.4 is 5.32 Å². The largest absolute Gasteiger partial charge is 0.341 e. The molecule has 14 heavy (non-hydrogen) atoms. The summed E-state index contributed by atoms with van der Waals surface area (Å²) in [6, 6.07) is -0.482. The zero-order valence-corrected chi connectivity index (χ0v) is 8.07. The fraction of sp³-hybridized carbons (Fsp3) is 0.500. The van der Waals surface area contributed by atoms with Gasteiger partial charge in [-0.3, -0.25) is 9.59 Å². The number of rotatable bonds is 4. The molecule has 1 heterocycles. The maximum Gasteiger partial charge on any atom is 0.274 e. The Morgan fingerprint density at radius 1 is 1.64 bits per heavy atom. The van der Waals surface area contributed by atoms with Crippen LogP contribution in [-0.2, 0) is 4.79 Å². The van der Waals surface area contributed by atoms with Crippen LogP contribution in [0.4, 0.5) is 0 Å². The molecular formula is C8H12N4O2. The smallest absolute Gasteiger partial charge is 0.274 e. The highest BCUT2D eigenvalue weighted by atomic mass is 16.2. The van der Waals surface area contributed by atoms with Gasteiger partial charge in [0.25, 0.3) is 5.91 Å². The number of nitrogens with one attached hydrogen (secondary N) is 2. The van der Waals surface area contributed by atoms with Crippen molar-refractivity contribution in [3.05, 3.63) is 11.9 Å². The summed E-state index contributed by atoms with van der Waals surface area (Å²) in [7, 11) is 0. The van der Waals surface area contributed by atoms with E-state index in [1.54, 1.807) is 13.8 Å². The van der Waals surface area contributed by atoms with Crippen LogP contribution in [0, 0.1) is 0 Å². The molecule has 0 aliphatic carbocycles.